The van der Waals surface area contributed by atoms with E-state index < -0.39 is 0 Å². The lowest BCUT2D eigenvalue weighted by molar-refractivity contribution is 0.0867. The summed E-state index contributed by atoms with van der Waals surface area (Å²) in [5.74, 6) is 0. The van der Waals surface area contributed by atoms with Crippen molar-refractivity contribution in [3.63, 3.8) is 0 Å². The number of rotatable bonds is 8. The minimum absolute atomic E-state index is 0.179. The van der Waals surface area contributed by atoms with Crippen molar-refractivity contribution in [2.45, 2.75) is 32.8 Å². The number of aliphatic hydroxyl groups is 1. The van der Waals surface area contributed by atoms with Crippen molar-refractivity contribution >= 4 is 0 Å². The monoisotopic (exact) mass is 189 g/mol. The minimum Gasteiger partial charge on any atom is -0.392 e. The summed E-state index contributed by atoms with van der Waals surface area (Å²) in [5.41, 5.74) is 0. The third-order valence-corrected chi connectivity index (χ3v) is 2.15. The molecule has 0 saturated heterocycles. The van der Waals surface area contributed by atoms with Gasteiger partial charge in [-0.1, -0.05) is 20.3 Å². The van der Waals surface area contributed by atoms with Crippen LogP contribution in [0.2, 0.25) is 0 Å². The van der Waals surface area contributed by atoms with Crippen LogP contribution in [0.25, 0.3) is 0 Å². The number of hydrogen-bond acceptors (Lipinski definition) is 3. The lowest BCUT2D eigenvalue weighted by atomic mass is 10.2. The van der Waals surface area contributed by atoms with Crippen molar-refractivity contribution in [2.24, 2.45) is 0 Å². The number of aliphatic hydroxyl groups excluding tert-OH is 1. The van der Waals surface area contributed by atoms with Crippen LogP contribution in [-0.4, -0.2) is 49.5 Å². The van der Waals surface area contributed by atoms with E-state index in [9.17, 15) is 5.11 Å². The molecule has 0 aromatic carbocycles. The van der Waals surface area contributed by atoms with E-state index >= 15 is 0 Å². The molecular formula is C10H23NO2. The molecular weight excluding hydrogens is 166 g/mol. The van der Waals surface area contributed by atoms with Crippen molar-refractivity contribution in [3.05, 3.63) is 0 Å². The maximum atomic E-state index is 9.57. The van der Waals surface area contributed by atoms with Gasteiger partial charge in [0.05, 0.1) is 12.7 Å². The Morgan fingerprint density at radius 1 is 1.38 bits per heavy atom. The number of methoxy groups -OCH3 is 1. The van der Waals surface area contributed by atoms with E-state index in [0.29, 0.717) is 0 Å². The molecule has 1 atom stereocenters. The topological polar surface area (TPSA) is 32.7 Å². The highest BCUT2D eigenvalue weighted by atomic mass is 16.5. The van der Waals surface area contributed by atoms with Crippen molar-refractivity contribution in [1.82, 2.24) is 4.90 Å². The maximum Gasteiger partial charge on any atom is 0.0667 e. The van der Waals surface area contributed by atoms with Gasteiger partial charge >= 0.3 is 0 Å². The SMILES string of the molecule is CCCC(O)CN(CC)CCOC. The average molecular weight is 189 g/mol. The number of likely N-dealkylation sites (N-methyl/N-ethyl adjacent to an activating group) is 1. The predicted molar refractivity (Wildman–Crippen MR) is 54.9 cm³/mol. The summed E-state index contributed by atoms with van der Waals surface area (Å²) < 4.78 is 4.99. The van der Waals surface area contributed by atoms with Crippen LogP contribution < -0.4 is 0 Å². The Morgan fingerprint density at radius 3 is 2.54 bits per heavy atom. The first kappa shape index (κ1) is 12.9. The first-order valence-electron chi connectivity index (χ1n) is 5.13. The molecule has 3 nitrogen and oxygen atoms in total. The van der Waals surface area contributed by atoms with Crippen molar-refractivity contribution in [1.29, 1.82) is 0 Å². The smallest absolute Gasteiger partial charge is 0.0667 e. The molecule has 13 heavy (non-hydrogen) atoms. The minimum atomic E-state index is -0.179. The van der Waals surface area contributed by atoms with Crippen LogP contribution in [0.3, 0.4) is 0 Å². The van der Waals surface area contributed by atoms with Crippen molar-refractivity contribution < 1.29 is 9.84 Å². The molecule has 1 N–H and O–H groups in total. The lowest BCUT2D eigenvalue weighted by Gasteiger charge is -2.22. The Bertz CT molecular complexity index is 109. The summed E-state index contributed by atoms with van der Waals surface area (Å²) in [4.78, 5) is 2.21. The quantitative estimate of drug-likeness (QED) is 0.621. The molecule has 0 fully saturated rings. The second-order valence-corrected chi connectivity index (χ2v) is 3.33. The summed E-state index contributed by atoms with van der Waals surface area (Å²) in [6.45, 7) is 7.60. The van der Waals surface area contributed by atoms with Gasteiger partial charge in [0.2, 0.25) is 0 Å². The van der Waals surface area contributed by atoms with Gasteiger partial charge in [-0.2, -0.15) is 0 Å². The van der Waals surface area contributed by atoms with Crippen LogP contribution in [-0.2, 0) is 4.74 Å². The van der Waals surface area contributed by atoms with Gasteiger partial charge < -0.3 is 9.84 Å². The molecule has 0 aromatic rings. The Labute approximate surface area is 81.7 Å². The first-order valence-corrected chi connectivity index (χ1v) is 5.13. The number of hydrogen-bond donors (Lipinski definition) is 1. The van der Waals surface area contributed by atoms with Crippen LogP contribution in [0, 0.1) is 0 Å². The molecule has 0 rings (SSSR count). The van der Waals surface area contributed by atoms with Gasteiger partial charge in [-0.3, -0.25) is 4.90 Å². The van der Waals surface area contributed by atoms with Gasteiger partial charge in [-0.15, -0.1) is 0 Å². The second-order valence-electron chi connectivity index (χ2n) is 3.33. The van der Waals surface area contributed by atoms with E-state index in [0.717, 1.165) is 39.1 Å². The Hall–Kier alpha value is -0.120. The third kappa shape index (κ3) is 6.99. The molecule has 0 aliphatic heterocycles. The van der Waals surface area contributed by atoms with E-state index in [1.165, 1.54) is 0 Å². The van der Waals surface area contributed by atoms with Crippen LogP contribution >= 0.6 is 0 Å². The highest BCUT2D eigenvalue weighted by molar-refractivity contribution is 4.62. The van der Waals surface area contributed by atoms with Gasteiger partial charge in [0.25, 0.3) is 0 Å². The summed E-state index contributed by atoms with van der Waals surface area (Å²) in [5, 5.41) is 9.57. The van der Waals surface area contributed by atoms with Gasteiger partial charge in [0.15, 0.2) is 0 Å². The van der Waals surface area contributed by atoms with E-state index in [4.69, 9.17) is 4.74 Å². The van der Waals surface area contributed by atoms with E-state index in [1.54, 1.807) is 7.11 Å². The maximum absolute atomic E-state index is 9.57. The third-order valence-electron chi connectivity index (χ3n) is 2.15. The molecule has 0 aliphatic carbocycles. The van der Waals surface area contributed by atoms with Crippen molar-refractivity contribution in [3.8, 4) is 0 Å². The fourth-order valence-corrected chi connectivity index (χ4v) is 1.32. The van der Waals surface area contributed by atoms with Crippen LogP contribution in [0.1, 0.15) is 26.7 Å². The average Bonchev–Trinajstić information content (AvgIpc) is 2.12. The predicted octanol–water partition coefficient (Wildman–Crippen LogP) is 1.12. The van der Waals surface area contributed by atoms with E-state index in [2.05, 4.69) is 18.7 Å². The Balaban J connectivity index is 3.56. The van der Waals surface area contributed by atoms with Gasteiger partial charge in [0, 0.05) is 20.2 Å². The summed E-state index contributed by atoms with van der Waals surface area (Å²) in [6.07, 6.45) is 1.76. The molecule has 0 amide bonds. The molecule has 0 radical (unpaired) electrons. The summed E-state index contributed by atoms with van der Waals surface area (Å²) >= 11 is 0. The molecule has 0 heterocycles. The second kappa shape index (κ2) is 8.48. The molecule has 1 unspecified atom stereocenters. The molecule has 0 aromatic heterocycles. The normalized spacial score (nSPS) is 13.6. The lowest BCUT2D eigenvalue weighted by Crippen LogP contribution is -2.34. The fourth-order valence-electron chi connectivity index (χ4n) is 1.32. The molecule has 0 bridgehead atoms. The molecule has 80 valence electrons. The first-order chi connectivity index (χ1) is 6.24. The Morgan fingerprint density at radius 2 is 2.08 bits per heavy atom. The van der Waals surface area contributed by atoms with Crippen molar-refractivity contribution in [2.75, 3.05) is 33.4 Å². The summed E-state index contributed by atoms with van der Waals surface area (Å²) in [7, 11) is 1.70. The molecule has 0 aliphatic rings. The van der Waals surface area contributed by atoms with Gasteiger partial charge in [-0.05, 0) is 13.0 Å². The zero-order valence-electron chi connectivity index (χ0n) is 9.12. The van der Waals surface area contributed by atoms with Crippen LogP contribution in [0.5, 0.6) is 0 Å². The fraction of sp³-hybridized carbons (Fsp3) is 1.00. The molecule has 0 saturated carbocycles. The van der Waals surface area contributed by atoms with E-state index in [1.807, 2.05) is 0 Å². The van der Waals surface area contributed by atoms with Gasteiger partial charge in [-0.25, -0.2) is 0 Å². The number of nitrogens with zero attached hydrogens (tertiary/aromatic N) is 1. The summed E-state index contributed by atoms with van der Waals surface area (Å²) in [6, 6.07) is 0. The zero-order chi connectivity index (χ0) is 10.1. The largest absolute Gasteiger partial charge is 0.392 e. The highest BCUT2D eigenvalue weighted by Gasteiger charge is 2.08. The standard InChI is InChI=1S/C10H23NO2/c1-4-6-10(12)9-11(5-2)7-8-13-3/h10,12H,4-9H2,1-3H3. The number of ether oxygens (including phenoxy) is 1. The molecule has 3 heteroatoms. The Kier molecular flexibility index (Phi) is 8.40. The van der Waals surface area contributed by atoms with E-state index in [-0.39, 0.29) is 6.10 Å². The van der Waals surface area contributed by atoms with Gasteiger partial charge in [0.1, 0.15) is 0 Å². The highest BCUT2D eigenvalue weighted by Crippen LogP contribution is 1.99. The van der Waals surface area contributed by atoms with Crippen LogP contribution in [0.4, 0.5) is 0 Å². The van der Waals surface area contributed by atoms with Crippen LogP contribution in [0.15, 0.2) is 0 Å². The zero-order valence-corrected chi connectivity index (χ0v) is 9.12. The molecule has 0 spiro atoms.